The van der Waals surface area contributed by atoms with Crippen LogP contribution in [0.3, 0.4) is 0 Å². The number of pyridine rings is 1. The molecule has 24 heavy (non-hydrogen) atoms. The van der Waals surface area contributed by atoms with Gasteiger partial charge in [0.15, 0.2) is 0 Å². The van der Waals surface area contributed by atoms with Crippen molar-refractivity contribution < 1.29 is 0 Å². The van der Waals surface area contributed by atoms with Gasteiger partial charge < -0.3 is 9.80 Å². The van der Waals surface area contributed by atoms with Gasteiger partial charge in [-0.05, 0) is 65.2 Å². The van der Waals surface area contributed by atoms with Gasteiger partial charge >= 0.3 is 0 Å². The zero-order valence-electron chi connectivity index (χ0n) is 15.5. The topological polar surface area (TPSA) is 25.9 Å². The average Bonchev–Trinajstić information content (AvgIpc) is 2.56. The molecule has 4 bridgehead atoms. The second-order valence-electron chi connectivity index (χ2n) is 7.49. The van der Waals surface area contributed by atoms with E-state index in [2.05, 4.69) is 51.9 Å². The molecule has 3 aliphatic rings. The zero-order valence-corrected chi connectivity index (χ0v) is 15.5. The molecule has 4 heterocycles. The van der Waals surface area contributed by atoms with Crippen molar-refractivity contribution >= 4 is 0 Å². The van der Waals surface area contributed by atoms with Crippen molar-refractivity contribution in [2.75, 3.05) is 66.5 Å². The Balaban J connectivity index is 1.84. The quantitative estimate of drug-likeness (QED) is 0.715. The van der Waals surface area contributed by atoms with Crippen LogP contribution >= 0.6 is 0 Å². The highest BCUT2D eigenvalue weighted by molar-refractivity contribution is 5.11. The molecule has 0 saturated carbocycles. The summed E-state index contributed by atoms with van der Waals surface area (Å²) in [6.45, 7) is 11.2. The minimum Gasteiger partial charge on any atom is -0.306 e. The zero-order chi connectivity index (χ0) is 16.8. The van der Waals surface area contributed by atoms with Crippen molar-refractivity contribution in [1.29, 1.82) is 0 Å². The molecule has 134 valence electrons. The number of rotatable bonds is 0. The number of aromatic nitrogens is 1. The molecule has 1 aromatic heterocycles. The van der Waals surface area contributed by atoms with Gasteiger partial charge in [-0.1, -0.05) is 6.07 Å². The van der Waals surface area contributed by atoms with Gasteiger partial charge in [0.25, 0.3) is 0 Å². The van der Waals surface area contributed by atoms with E-state index in [1.54, 1.807) is 0 Å². The van der Waals surface area contributed by atoms with Crippen LogP contribution in [0.5, 0.6) is 0 Å². The predicted octanol–water partition coefficient (Wildman–Crippen LogP) is 1.36. The normalized spacial score (nSPS) is 28.6. The Morgan fingerprint density at radius 3 is 1.71 bits per heavy atom. The second kappa shape index (κ2) is 8.90. The lowest BCUT2D eigenvalue weighted by atomic mass is 10.2. The summed E-state index contributed by atoms with van der Waals surface area (Å²) in [5.41, 5.74) is 2.45. The fraction of sp³-hybridized carbons (Fsp3) is 0.737. The number of hydrogen-bond donors (Lipinski definition) is 0. The van der Waals surface area contributed by atoms with Gasteiger partial charge in [0.2, 0.25) is 0 Å². The molecule has 0 spiro atoms. The van der Waals surface area contributed by atoms with E-state index in [1.807, 2.05) is 0 Å². The monoisotopic (exact) mass is 331 g/mol. The van der Waals surface area contributed by atoms with Crippen LogP contribution in [0.1, 0.15) is 24.2 Å². The second-order valence-corrected chi connectivity index (χ2v) is 7.49. The maximum absolute atomic E-state index is 4.94. The SMILES string of the molecule is CN1CCCN2CCN(C)CCN(CCC1)Cc1cccc(n1)C2. The van der Waals surface area contributed by atoms with Crippen LogP contribution in [0.25, 0.3) is 0 Å². The van der Waals surface area contributed by atoms with Crippen LogP contribution < -0.4 is 0 Å². The van der Waals surface area contributed by atoms with E-state index < -0.39 is 0 Å². The molecule has 1 aromatic rings. The van der Waals surface area contributed by atoms with Gasteiger partial charge in [-0.3, -0.25) is 14.8 Å². The molecular weight excluding hydrogens is 298 g/mol. The molecule has 5 nitrogen and oxygen atoms in total. The van der Waals surface area contributed by atoms with Gasteiger partial charge in [0, 0.05) is 39.3 Å². The number of fused-ring (bicyclic) bond motifs is 10. The van der Waals surface area contributed by atoms with Crippen molar-refractivity contribution in [3.8, 4) is 0 Å². The highest BCUT2D eigenvalue weighted by atomic mass is 15.2. The van der Waals surface area contributed by atoms with Crippen molar-refractivity contribution in [3.63, 3.8) is 0 Å². The summed E-state index contributed by atoms with van der Waals surface area (Å²) in [6.07, 6.45) is 2.48. The highest BCUT2D eigenvalue weighted by Gasteiger charge is 2.15. The molecule has 1 saturated heterocycles. The lowest BCUT2D eigenvalue weighted by Crippen LogP contribution is -2.40. The molecule has 3 aliphatic heterocycles. The molecule has 2 unspecified atom stereocenters. The van der Waals surface area contributed by atoms with E-state index >= 15 is 0 Å². The molecule has 2 atom stereocenters. The third-order valence-corrected chi connectivity index (χ3v) is 5.26. The fourth-order valence-corrected chi connectivity index (χ4v) is 3.68. The maximum atomic E-state index is 4.94. The Morgan fingerprint density at radius 1 is 0.667 bits per heavy atom. The first-order valence-corrected chi connectivity index (χ1v) is 9.46. The van der Waals surface area contributed by atoms with E-state index in [9.17, 15) is 0 Å². The van der Waals surface area contributed by atoms with E-state index in [-0.39, 0.29) is 0 Å². The Kier molecular flexibility index (Phi) is 6.60. The molecular formula is C19H33N5. The van der Waals surface area contributed by atoms with Gasteiger partial charge in [-0.15, -0.1) is 0 Å². The predicted molar refractivity (Wildman–Crippen MR) is 99.0 cm³/mol. The Bertz CT molecular complexity index is 467. The third kappa shape index (κ3) is 5.52. The molecule has 0 aromatic carbocycles. The number of hydrogen-bond acceptors (Lipinski definition) is 5. The van der Waals surface area contributed by atoms with Crippen LogP contribution in [0, 0.1) is 0 Å². The Labute approximate surface area is 147 Å². The van der Waals surface area contributed by atoms with Gasteiger partial charge in [0.05, 0.1) is 11.4 Å². The Morgan fingerprint density at radius 2 is 1.17 bits per heavy atom. The molecule has 4 rings (SSSR count). The number of nitrogens with zero attached hydrogens (tertiary/aromatic N) is 5. The van der Waals surface area contributed by atoms with Crippen molar-refractivity contribution in [1.82, 2.24) is 24.6 Å². The van der Waals surface area contributed by atoms with Crippen molar-refractivity contribution in [2.45, 2.75) is 25.9 Å². The Hall–Kier alpha value is -1.01. The first-order chi connectivity index (χ1) is 11.7. The maximum Gasteiger partial charge on any atom is 0.0547 e. The van der Waals surface area contributed by atoms with Crippen LogP contribution in [-0.4, -0.2) is 91.0 Å². The average molecular weight is 332 g/mol. The molecule has 0 amide bonds. The molecule has 5 heteroatoms. The summed E-state index contributed by atoms with van der Waals surface area (Å²) in [4.78, 5) is 15.1. The lowest BCUT2D eigenvalue weighted by Gasteiger charge is -2.31. The summed E-state index contributed by atoms with van der Waals surface area (Å²) in [5, 5.41) is 0. The first kappa shape index (κ1) is 17.8. The van der Waals surface area contributed by atoms with Crippen molar-refractivity contribution in [2.24, 2.45) is 0 Å². The first-order valence-electron chi connectivity index (χ1n) is 9.46. The molecule has 0 aliphatic carbocycles. The highest BCUT2D eigenvalue weighted by Crippen LogP contribution is 2.10. The summed E-state index contributed by atoms with van der Waals surface area (Å²) in [7, 11) is 4.53. The summed E-state index contributed by atoms with van der Waals surface area (Å²) < 4.78 is 0. The standard InChI is InChI=1S/C19H33N5/c1-21-8-4-10-23-14-12-22(2)13-15-24(11-5-9-21)17-19-7-3-6-18(16-23)20-19/h3,6-7H,4-5,8-17H2,1-2H3. The van der Waals surface area contributed by atoms with E-state index in [0.717, 1.165) is 52.4 Å². The summed E-state index contributed by atoms with van der Waals surface area (Å²) >= 11 is 0. The third-order valence-electron chi connectivity index (χ3n) is 5.26. The minimum atomic E-state index is 0.978. The van der Waals surface area contributed by atoms with Crippen molar-refractivity contribution in [3.05, 3.63) is 29.6 Å². The van der Waals surface area contributed by atoms with Gasteiger partial charge in [-0.2, -0.15) is 0 Å². The smallest absolute Gasteiger partial charge is 0.0547 e. The van der Waals surface area contributed by atoms with Crippen LogP contribution in [0.2, 0.25) is 0 Å². The molecule has 1 fully saturated rings. The molecule has 0 N–H and O–H groups in total. The summed E-state index contributed by atoms with van der Waals surface area (Å²) in [6, 6.07) is 6.56. The summed E-state index contributed by atoms with van der Waals surface area (Å²) in [5.74, 6) is 0. The lowest BCUT2D eigenvalue weighted by molar-refractivity contribution is 0.165. The van der Waals surface area contributed by atoms with E-state index in [4.69, 9.17) is 4.98 Å². The van der Waals surface area contributed by atoms with Gasteiger partial charge in [-0.25, -0.2) is 0 Å². The van der Waals surface area contributed by atoms with E-state index in [0.29, 0.717) is 0 Å². The van der Waals surface area contributed by atoms with Gasteiger partial charge in [0.1, 0.15) is 0 Å². The largest absolute Gasteiger partial charge is 0.306 e. The van der Waals surface area contributed by atoms with Crippen LogP contribution in [0.4, 0.5) is 0 Å². The van der Waals surface area contributed by atoms with Crippen LogP contribution in [0.15, 0.2) is 18.2 Å². The number of likely N-dealkylation sites (N-methyl/N-ethyl adjacent to an activating group) is 1. The fourth-order valence-electron chi connectivity index (χ4n) is 3.68. The minimum absolute atomic E-state index is 0.978. The molecule has 0 radical (unpaired) electrons. The van der Waals surface area contributed by atoms with Crippen LogP contribution in [-0.2, 0) is 13.1 Å². The van der Waals surface area contributed by atoms with E-state index in [1.165, 1.54) is 37.3 Å².